The summed E-state index contributed by atoms with van der Waals surface area (Å²) in [7, 11) is 0. The van der Waals surface area contributed by atoms with Crippen molar-refractivity contribution in [3.05, 3.63) is 35.9 Å². The van der Waals surface area contributed by atoms with Crippen LogP contribution in [-0.2, 0) is 4.79 Å². The molecule has 1 aliphatic rings. The summed E-state index contributed by atoms with van der Waals surface area (Å²) < 4.78 is 0. The van der Waals surface area contributed by atoms with Crippen molar-refractivity contribution in [3.63, 3.8) is 0 Å². The second-order valence-corrected chi connectivity index (χ2v) is 5.12. The van der Waals surface area contributed by atoms with Gasteiger partial charge >= 0.3 is 0 Å². The topological polar surface area (TPSA) is 67.5 Å². The van der Waals surface area contributed by atoms with Gasteiger partial charge in [-0.05, 0) is 12.5 Å². The molecule has 0 spiro atoms. The first kappa shape index (κ1) is 12.0. The maximum absolute atomic E-state index is 10.9. The molecule has 0 radical (unpaired) electrons. The Morgan fingerprint density at radius 3 is 2.88 bits per heavy atom. The molecule has 0 saturated carbocycles. The van der Waals surface area contributed by atoms with E-state index >= 15 is 0 Å². The number of hydrogen-bond donors (Lipinski definition) is 2. The average molecular weight is 249 g/mol. The number of rotatable bonds is 3. The van der Waals surface area contributed by atoms with Gasteiger partial charge in [0, 0.05) is 0 Å². The van der Waals surface area contributed by atoms with Crippen LogP contribution in [0.3, 0.4) is 0 Å². The maximum Gasteiger partial charge on any atom is 0.239 e. The number of hydrogen-bond acceptors (Lipinski definition) is 4. The van der Waals surface area contributed by atoms with Gasteiger partial charge in [-0.15, -0.1) is 0 Å². The SMILES string of the molecule is CC(NC1=NCC(c2ccccc2)S1)C(N)=O. The van der Waals surface area contributed by atoms with E-state index in [4.69, 9.17) is 5.73 Å². The Morgan fingerprint density at radius 1 is 1.53 bits per heavy atom. The number of nitrogens with zero attached hydrogens (tertiary/aromatic N) is 1. The molecule has 3 N–H and O–H groups in total. The molecule has 5 heteroatoms. The highest BCUT2D eigenvalue weighted by Crippen LogP contribution is 2.34. The van der Waals surface area contributed by atoms with Gasteiger partial charge in [-0.25, -0.2) is 0 Å². The number of amides is 1. The minimum Gasteiger partial charge on any atom is -0.368 e. The number of nitrogens with two attached hydrogens (primary N) is 1. The summed E-state index contributed by atoms with van der Waals surface area (Å²) in [4.78, 5) is 15.3. The first-order valence-electron chi connectivity index (χ1n) is 5.48. The molecule has 0 aliphatic carbocycles. The maximum atomic E-state index is 10.9. The van der Waals surface area contributed by atoms with Crippen LogP contribution in [0.15, 0.2) is 35.3 Å². The van der Waals surface area contributed by atoms with Crippen LogP contribution in [-0.4, -0.2) is 23.7 Å². The lowest BCUT2D eigenvalue weighted by molar-refractivity contribution is -0.119. The second kappa shape index (κ2) is 5.23. The molecular formula is C12H15N3OS. The second-order valence-electron chi connectivity index (χ2n) is 3.93. The average Bonchev–Trinajstić information content (AvgIpc) is 2.78. The molecule has 1 aliphatic heterocycles. The van der Waals surface area contributed by atoms with E-state index < -0.39 is 0 Å². The zero-order chi connectivity index (χ0) is 12.3. The van der Waals surface area contributed by atoms with Crippen molar-refractivity contribution in [1.82, 2.24) is 5.32 Å². The number of benzene rings is 1. The van der Waals surface area contributed by atoms with Crippen LogP contribution >= 0.6 is 11.8 Å². The molecule has 2 unspecified atom stereocenters. The largest absolute Gasteiger partial charge is 0.368 e. The third-order valence-electron chi connectivity index (χ3n) is 2.59. The summed E-state index contributed by atoms with van der Waals surface area (Å²) in [6, 6.07) is 9.84. The van der Waals surface area contributed by atoms with Gasteiger partial charge in [0.1, 0.15) is 6.04 Å². The number of carbonyl (C=O) groups is 1. The van der Waals surface area contributed by atoms with Crippen LogP contribution in [0, 0.1) is 0 Å². The molecule has 0 saturated heterocycles. The molecule has 0 aromatic heterocycles. The van der Waals surface area contributed by atoms with Crippen LogP contribution in [0.2, 0.25) is 0 Å². The van der Waals surface area contributed by atoms with Gasteiger partial charge in [0.25, 0.3) is 0 Å². The minimum atomic E-state index is -0.379. The summed E-state index contributed by atoms with van der Waals surface area (Å²) in [5.41, 5.74) is 6.45. The van der Waals surface area contributed by atoms with E-state index in [-0.39, 0.29) is 11.9 Å². The molecule has 90 valence electrons. The summed E-state index contributed by atoms with van der Waals surface area (Å²) >= 11 is 1.64. The van der Waals surface area contributed by atoms with Crippen LogP contribution < -0.4 is 11.1 Å². The first-order valence-corrected chi connectivity index (χ1v) is 6.36. The molecule has 0 bridgehead atoms. The Morgan fingerprint density at radius 2 is 2.24 bits per heavy atom. The molecule has 4 nitrogen and oxygen atoms in total. The number of primary amides is 1. The predicted molar refractivity (Wildman–Crippen MR) is 70.9 cm³/mol. The van der Waals surface area contributed by atoms with Crippen molar-refractivity contribution in [2.75, 3.05) is 6.54 Å². The lowest BCUT2D eigenvalue weighted by atomic mass is 10.1. The molecule has 1 aromatic rings. The third-order valence-corrected chi connectivity index (χ3v) is 3.77. The highest BCUT2D eigenvalue weighted by Gasteiger charge is 2.22. The van der Waals surface area contributed by atoms with Gasteiger partial charge in [-0.2, -0.15) is 0 Å². The van der Waals surface area contributed by atoms with E-state index in [1.807, 2.05) is 18.2 Å². The summed E-state index contributed by atoms with van der Waals surface area (Å²) in [6.07, 6.45) is 0. The van der Waals surface area contributed by atoms with Crippen molar-refractivity contribution in [2.45, 2.75) is 18.2 Å². The third kappa shape index (κ3) is 3.00. The van der Waals surface area contributed by atoms with Crippen LogP contribution in [0.4, 0.5) is 0 Å². The lowest BCUT2D eigenvalue weighted by Gasteiger charge is -2.12. The molecular weight excluding hydrogens is 234 g/mol. The smallest absolute Gasteiger partial charge is 0.239 e. The Balaban J connectivity index is 1.93. The van der Waals surface area contributed by atoms with E-state index in [0.29, 0.717) is 5.25 Å². The Labute approximate surface area is 105 Å². The van der Waals surface area contributed by atoms with Gasteiger partial charge in [0.05, 0.1) is 11.8 Å². The van der Waals surface area contributed by atoms with Crippen LogP contribution in [0.1, 0.15) is 17.7 Å². The standard InChI is InChI=1S/C12H15N3OS/c1-8(11(13)16)15-12-14-7-10(17-12)9-5-3-2-4-6-9/h2-6,8,10H,7H2,1H3,(H2,13,16)(H,14,15). The van der Waals surface area contributed by atoms with E-state index in [9.17, 15) is 4.79 Å². The summed E-state index contributed by atoms with van der Waals surface area (Å²) in [5.74, 6) is -0.364. The van der Waals surface area contributed by atoms with Gasteiger partial charge in [0.15, 0.2) is 5.17 Å². The van der Waals surface area contributed by atoms with E-state index in [2.05, 4.69) is 22.4 Å². The van der Waals surface area contributed by atoms with Crippen molar-refractivity contribution >= 4 is 22.8 Å². The summed E-state index contributed by atoms with van der Waals surface area (Å²) in [5, 5.41) is 4.15. The van der Waals surface area contributed by atoms with Gasteiger partial charge in [-0.1, -0.05) is 42.1 Å². The van der Waals surface area contributed by atoms with Crippen molar-refractivity contribution < 1.29 is 4.79 Å². The molecule has 1 amide bonds. The number of amidine groups is 1. The zero-order valence-electron chi connectivity index (χ0n) is 9.59. The molecule has 0 fully saturated rings. The number of thioether (sulfide) groups is 1. The monoisotopic (exact) mass is 249 g/mol. The van der Waals surface area contributed by atoms with Gasteiger partial charge in [-0.3, -0.25) is 9.79 Å². The molecule has 17 heavy (non-hydrogen) atoms. The van der Waals surface area contributed by atoms with Crippen molar-refractivity contribution in [1.29, 1.82) is 0 Å². The molecule has 2 rings (SSSR count). The minimum absolute atomic E-state index is 0.332. The fourth-order valence-corrected chi connectivity index (χ4v) is 2.66. The Bertz CT molecular complexity index is 433. The number of aliphatic imine (C=N–C) groups is 1. The molecule has 1 heterocycles. The van der Waals surface area contributed by atoms with Crippen LogP contribution in [0.25, 0.3) is 0 Å². The zero-order valence-corrected chi connectivity index (χ0v) is 10.4. The van der Waals surface area contributed by atoms with Gasteiger partial charge < -0.3 is 11.1 Å². The Kier molecular flexibility index (Phi) is 3.68. The van der Waals surface area contributed by atoms with E-state index in [0.717, 1.165) is 11.7 Å². The molecule has 2 atom stereocenters. The molecule has 1 aromatic carbocycles. The number of nitrogens with one attached hydrogen (secondary N) is 1. The first-order chi connectivity index (χ1) is 8.16. The normalized spacial score (nSPS) is 20.8. The Hall–Kier alpha value is -1.49. The quantitative estimate of drug-likeness (QED) is 0.848. The fraction of sp³-hybridized carbons (Fsp3) is 0.333. The van der Waals surface area contributed by atoms with Crippen molar-refractivity contribution in [2.24, 2.45) is 10.7 Å². The highest BCUT2D eigenvalue weighted by atomic mass is 32.2. The van der Waals surface area contributed by atoms with Crippen LogP contribution in [0.5, 0.6) is 0 Å². The number of carbonyl (C=O) groups excluding carboxylic acids is 1. The van der Waals surface area contributed by atoms with E-state index in [1.54, 1.807) is 18.7 Å². The summed E-state index contributed by atoms with van der Waals surface area (Å²) in [6.45, 7) is 2.48. The highest BCUT2D eigenvalue weighted by molar-refractivity contribution is 8.14. The predicted octanol–water partition coefficient (Wildman–Crippen LogP) is 1.29. The fourth-order valence-electron chi connectivity index (χ4n) is 1.55. The van der Waals surface area contributed by atoms with E-state index in [1.165, 1.54) is 5.56 Å². The van der Waals surface area contributed by atoms with Gasteiger partial charge in [0.2, 0.25) is 5.91 Å². The van der Waals surface area contributed by atoms with Crippen molar-refractivity contribution in [3.8, 4) is 0 Å². The lowest BCUT2D eigenvalue weighted by Crippen LogP contribution is -2.40.